The van der Waals surface area contributed by atoms with Crippen molar-refractivity contribution in [2.24, 2.45) is 0 Å². The average molecular weight is 388 g/mol. The molecule has 3 heterocycles. The van der Waals surface area contributed by atoms with Gasteiger partial charge < -0.3 is 5.32 Å². The largest absolute Gasteiger partial charge is 0.348 e. The first-order chi connectivity index (χ1) is 13.7. The van der Waals surface area contributed by atoms with Crippen molar-refractivity contribution in [2.45, 2.75) is 25.8 Å². The van der Waals surface area contributed by atoms with Crippen molar-refractivity contribution in [3.63, 3.8) is 0 Å². The van der Waals surface area contributed by atoms with Crippen molar-refractivity contribution in [1.29, 1.82) is 0 Å². The Labute approximate surface area is 167 Å². The van der Waals surface area contributed by atoms with E-state index in [1.54, 1.807) is 6.20 Å². The third-order valence-corrected chi connectivity index (χ3v) is 5.49. The summed E-state index contributed by atoms with van der Waals surface area (Å²) >= 11 is 1.50. The van der Waals surface area contributed by atoms with Crippen LogP contribution in [0.4, 0.5) is 5.95 Å². The van der Waals surface area contributed by atoms with Gasteiger partial charge in [-0.15, -0.1) is 11.3 Å². The summed E-state index contributed by atoms with van der Waals surface area (Å²) in [4.78, 5) is 26.2. The van der Waals surface area contributed by atoms with Gasteiger partial charge in [-0.25, -0.2) is 9.97 Å². The normalized spacial score (nSPS) is 12.0. The van der Waals surface area contributed by atoms with Crippen molar-refractivity contribution in [3.8, 4) is 0 Å². The lowest BCUT2D eigenvalue weighted by molar-refractivity contribution is 0.0980. The smallest absolute Gasteiger partial charge is 0.224 e. The highest BCUT2D eigenvalue weighted by Crippen LogP contribution is 2.26. The van der Waals surface area contributed by atoms with Crippen molar-refractivity contribution in [2.75, 3.05) is 5.32 Å². The van der Waals surface area contributed by atoms with Crippen LogP contribution in [-0.2, 0) is 6.42 Å². The van der Waals surface area contributed by atoms with E-state index in [4.69, 9.17) is 0 Å². The quantitative estimate of drug-likeness (QED) is 0.447. The summed E-state index contributed by atoms with van der Waals surface area (Å²) in [5.74, 6) is 0.501. The fourth-order valence-electron chi connectivity index (χ4n) is 3.05. The monoisotopic (exact) mass is 388 g/mol. The number of nitrogens with zero attached hydrogens (tertiary/aromatic N) is 3. The molecule has 0 unspecified atom stereocenters. The average Bonchev–Trinajstić information content (AvgIpc) is 3.21. The molecule has 1 N–H and O–H groups in total. The summed E-state index contributed by atoms with van der Waals surface area (Å²) in [5, 5.41) is 5.25. The second kappa shape index (κ2) is 8.27. The van der Waals surface area contributed by atoms with Gasteiger partial charge in [0, 0.05) is 18.8 Å². The summed E-state index contributed by atoms with van der Waals surface area (Å²) in [6.45, 7) is 2.02. The van der Waals surface area contributed by atoms with Crippen LogP contribution in [0.15, 0.2) is 66.3 Å². The maximum Gasteiger partial charge on any atom is 0.224 e. The molecule has 28 heavy (non-hydrogen) atoms. The molecule has 0 amide bonds. The van der Waals surface area contributed by atoms with Crippen LogP contribution < -0.4 is 5.32 Å². The number of hydrogen-bond donors (Lipinski definition) is 1. The third kappa shape index (κ3) is 4.07. The number of anilines is 1. The molecule has 1 aromatic carbocycles. The fraction of sp³-hybridized carbons (Fsp3) is 0.182. The molecule has 5 nitrogen and oxygen atoms in total. The molecule has 1 atom stereocenters. The van der Waals surface area contributed by atoms with E-state index in [1.165, 1.54) is 11.3 Å². The number of rotatable bonds is 7. The van der Waals surface area contributed by atoms with Gasteiger partial charge in [0.15, 0.2) is 5.78 Å². The van der Waals surface area contributed by atoms with Gasteiger partial charge in [0.25, 0.3) is 0 Å². The topological polar surface area (TPSA) is 67.8 Å². The number of thiophene rings is 1. The minimum Gasteiger partial charge on any atom is -0.348 e. The van der Waals surface area contributed by atoms with Gasteiger partial charge in [-0.3, -0.25) is 9.78 Å². The number of pyridine rings is 1. The first-order valence-electron chi connectivity index (χ1n) is 9.19. The first kappa shape index (κ1) is 18.3. The van der Waals surface area contributed by atoms with Gasteiger partial charge in [0.1, 0.15) is 5.69 Å². The van der Waals surface area contributed by atoms with E-state index >= 15 is 0 Å². The fourth-order valence-corrected chi connectivity index (χ4v) is 3.89. The Kier molecular flexibility index (Phi) is 5.39. The molecule has 0 bridgehead atoms. The molecule has 4 aromatic rings. The van der Waals surface area contributed by atoms with E-state index in [9.17, 15) is 4.79 Å². The van der Waals surface area contributed by atoms with Crippen LogP contribution in [0.3, 0.4) is 0 Å². The molecule has 0 radical (unpaired) electrons. The molecule has 6 heteroatoms. The molecule has 0 saturated heterocycles. The van der Waals surface area contributed by atoms with Gasteiger partial charge in [-0.1, -0.05) is 36.4 Å². The molecular formula is C22H20N4OS. The molecule has 4 rings (SSSR count). The Morgan fingerprint density at radius 3 is 2.75 bits per heavy atom. The van der Waals surface area contributed by atoms with E-state index in [1.807, 2.05) is 67.0 Å². The highest BCUT2D eigenvalue weighted by atomic mass is 32.1. The summed E-state index contributed by atoms with van der Waals surface area (Å²) in [7, 11) is 0. The molecule has 0 aliphatic heterocycles. The molecule has 3 aromatic heterocycles. The summed E-state index contributed by atoms with van der Waals surface area (Å²) in [6.07, 6.45) is 4.68. The zero-order valence-corrected chi connectivity index (χ0v) is 16.3. The third-order valence-electron chi connectivity index (χ3n) is 4.58. The SMILES string of the molecule is C[C@H](Nc1nc(C(=O)CCc2ccccc2)c2sccc2n1)c1cccnc1. The summed E-state index contributed by atoms with van der Waals surface area (Å²) < 4.78 is 0.845. The Hall–Kier alpha value is -3.12. The van der Waals surface area contributed by atoms with Crippen LogP contribution in [0.5, 0.6) is 0 Å². The van der Waals surface area contributed by atoms with E-state index < -0.39 is 0 Å². The second-order valence-electron chi connectivity index (χ2n) is 6.59. The number of aromatic nitrogens is 3. The van der Waals surface area contributed by atoms with Gasteiger partial charge in [-0.2, -0.15) is 0 Å². The van der Waals surface area contributed by atoms with Crippen LogP contribution in [0.1, 0.15) is 41.0 Å². The van der Waals surface area contributed by atoms with Crippen LogP contribution in [-0.4, -0.2) is 20.7 Å². The van der Waals surface area contributed by atoms with Gasteiger partial charge >= 0.3 is 0 Å². The number of carbonyl (C=O) groups excluding carboxylic acids is 1. The zero-order valence-electron chi connectivity index (χ0n) is 15.5. The van der Waals surface area contributed by atoms with Crippen molar-refractivity contribution >= 4 is 33.3 Å². The number of hydrogen-bond acceptors (Lipinski definition) is 6. The van der Waals surface area contributed by atoms with E-state index in [0.29, 0.717) is 24.5 Å². The van der Waals surface area contributed by atoms with Crippen LogP contribution in [0.25, 0.3) is 10.2 Å². The van der Waals surface area contributed by atoms with Crippen LogP contribution in [0.2, 0.25) is 0 Å². The van der Waals surface area contributed by atoms with E-state index in [0.717, 1.165) is 21.3 Å². The van der Waals surface area contributed by atoms with Crippen molar-refractivity contribution in [1.82, 2.24) is 15.0 Å². The Morgan fingerprint density at radius 1 is 1.11 bits per heavy atom. The number of carbonyl (C=O) groups is 1. The lowest BCUT2D eigenvalue weighted by Crippen LogP contribution is -2.12. The second-order valence-corrected chi connectivity index (χ2v) is 7.51. The standard InChI is InChI=1S/C22H20N4OS/c1-15(17-8-5-12-23-14-17)24-22-25-18-11-13-28-21(18)20(26-22)19(27)10-9-16-6-3-2-4-7-16/h2-8,11-15H,9-10H2,1H3,(H,24,25,26)/t15-/m0/s1. The molecule has 0 spiro atoms. The molecule has 0 saturated carbocycles. The Bertz CT molecular complexity index is 1080. The van der Waals surface area contributed by atoms with Crippen LogP contribution >= 0.6 is 11.3 Å². The lowest BCUT2D eigenvalue weighted by Gasteiger charge is -2.14. The number of Topliss-reactive ketones (excluding diaryl/α,β-unsaturated/α-hetero) is 1. The molecular weight excluding hydrogens is 368 g/mol. The first-order valence-corrected chi connectivity index (χ1v) is 10.1. The lowest BCUT2D eigenvalue weighted by atomic mass is 10.1. The maximum absolute atomic E-state index is 12.9. The number of benzene rings is 1. The van der Waals surface area contributed by atoms with Gasteiger partial charge in [-0.05, 0) is 42.0 Å². The number of aryl methyl sites for hydroxylation is 1. The minimum absolute atomic E-state index is 0.0166. The molecule has 0 aliphatic rings. The van der Waals surface area contributed by atoms with Gasteiger partial charge in [0.2, 0.25) is 5.95 Å². The van der Waals surface area contributed by atoms with Crippen molar-refractivity contribution in [3.05, 3.63) is 83.1 Å². The summed E-state index contributed by atoms with van der Waals surface area (Å²) in [6, 6.07) is 15.8. The van der Waals surface area contributed by atoms with Crippen molar-refractivity contribution < 1.29 is 4.79 Å². The van der Waals surface area contributed by atoms with Crippen LogP contribution in [0, 0.1) is 0 Å². The highest BCUT2D eigenvalue weighted by Gasteiger charge is 2.17. The van der Waals surface area contributed by atoms with E-state index in [-0.39, 0.29) is 11.8 Å². The highest BCUT2D eigenvalue weighted by molar-refractivity contribution is 7.17. The Balaban J connectivity index is 1.57. The summed E-state index contributed by atoms with van der Waals surface area (Å²) in [5.41, 5.74) is 3.48. The van der Waals surface area contributed by atoms with E-state index in [2.05, 4.69) is 20.3 Å². The predicted molar refractivity (Wildman–Crippen MR) is 113 cm³/mol. The molecule has 140 valence electrons. The van der Waals surface area contributed by atoms with Gasteiger partial charge in [0.05, 0.1) is 16.3 Å². The minimum atomic E-state index is -0.0166. The Morgan fingerprint density at radius 2 is 1.96 bits per heavy atom. The molecule has 0 fully saturated rings. The molecule has 0 aliphatic carbocycles. The predicted octanol–water partition coefficient (Wildman–Crippen LogP) is 5.07. The number of fused-ring (bicyclic) bond motifs is 1. The maximum atomic E-state index is 12.9. The number of nitrogens with one attached hydrogen (secondary N) is 1. The number of ketones is 1. The zero-order chi connectivity index (χ0) is 19.3.